The van der Waals surface area contributed by atoms with E-state index in [1.165, 1.54) is 0 Å². The molecule has 2 heterocycles. The first-order valence-corrected chi connectivity index (χ1v) is 7.83. The van der Waals surface area contributed by atoms with Crippen molar-refractivity contribution in [2.24, 2.45) is 0 Å². The zero-order valence-corrected chi connectivity index (χ0v) is 15.0. The van der Waals surface area contributed by atoms with Crippen molar-refractivity contribution in [2.45, 2.75) is 59.7 Å². The predicted octanol–water partition coefficient (Wildman–Crippen LogP) is 2.81. The lowest BCUT2D eigenvalue weighted by molar-refractivity contribution is 0.00578. The highest BCUT2D eigenvalue weighted by Crippen LogP contribution is 2.36. The van der Waals surface area contributed by atoms with E-state index in [9.17, 15) is 0 Å². The maximum absolute atomic E-state index is 5.99. The highest BCUT2D eigenvalue weighted by Gasteiger charge is 2.52. The van der Waals surface area contributed by atoms with E-state index in [2.05, 4.69) is 4.98 Å². The summed E-state index contributed by atoms with van der Waals surface area (Å²) in [6, 6.07) is 1.85. The Bertz CT molecular complexity index is 475. The van der Waals surface area contributed by atoms with Crippen LogP contribution in [0.25, 0.3) is 0 Å². The van der Waals surface area contributed by atoms with E-state index in [0.29, 0.717) is 18.2 Å². The van der Waals surface area contributed by atoms with Crippen molar-refractivity contribution >= 4 is 12.6 Å². The fraction of sp³-hybridized carbons (Fsp3) is 0.688. The maximum atomic E-state index is 5.99. The van der Waals surface area contributed by atoms with Crippen molar-refractivity contribution in [2.75, 3.05) is 13.7 Å². The summed E-state index contributed by atoms with van der Waals surface area (Å²) in [7, 11) is 1.14. The van der Waals surface area contributed by atoms with Gasteiger partial charge in [-0.2, -0.15) is 0 Å². The van der Waals surface area contributed by atoms with E-state index < -0.39 is 7.12 Å². The molecule has 0 spiro atoms. The van der Waals surface area contributed by atoms with Gasteiger partial charge in [-0.15, -0.1) is 0 Å². The molecule has 1 saturated heterocycles. The van der Waals surface area contributed by atoms with E-state index in [1.807, 2.05) is 54.5 Å². The molecule has 0 atom stereocenters. The molecule has 124 valence electrons. The van der Waals surface area contributed by atoms with Crippen LogP contribution in [0.3, 0.4) is 0 Å². The van der Waals surface area contributed by atoms with Crippen molar-refractivity contribution in [3.8, 4) is 11.6 Å². The van der Waals surface area contributed by atoms with E-state index in [4.69, 9.17) is 18.8 Å². The molecule has 0 amide bonds. The van der Waals surface area contributed by atoms with Crippen LogP contribution in [-0.4, -0.2) is 37.0 Å². The normalized spacial score (nSPS) is 18.5. The summed E-state index contributed by atoms with van der Waals surface area (Å²) >= 11 is 0. The summed E-state index contributed by atoms with van der Waals surface area (Å²) < 4.78 is 22.7. The van der Waals surface area contributed by atoms with Crippen LogP contribution in [0.1, 0.15) is 48.5 Å². The van der Waals surface area contributed by atoms with Gasteiger partial charge < -0.3 is 18.8 Å². The fourth-order valence-corrected chi connectivity index (χ4v) is 1.95. The Morgan fingerprint density at radius 2 is 1.68 bits per heavy atom. The number of rotatable bonds is 4. The summed E-state index contributed by atoms with van der Waals surface area (Å²) in [6.45, 7) is 14.5. The minimum atomic E-state index is -0.447. The SMILES string of the molecule is CC.CCOc1ncc(B2OC(C)(C)C(C)(C)O2)cc1OC. The number of pyridine rings is 1. The molecule has 0 aliphatic carbocycles. The molecule has 0 aromatic carbocycles. The molecular weight excluding hydrogens is 281 g/mol. The number of methoxy groups -OCH3 is 1. The van der Waals surface area contributed by atoms with Gasteiger partial charge in [0, 0.05) is 11.7 Å². The van der Waals surface area contributed by atoms with Crippen LogP contribution in [0.15, 0.2) is 12.3 Å². The van der Waals surface area contributed by atoms with Gasteiger partial charge in [-0.3, -0.25) is 0 Å². The summed E-state index contributed by atoms with van der Waals surface area (Å²) in [5.41, 5.74) is 0.0800. The minimum Gasteiger partial charge on any atom is -0.491 e. The summed E-state index contributed by atoms with van der Waals surface area (Å²) in [5.74, 6) is 1.06. The van der Waals surface area contributed by atoms with Gasteiger partial charge in [-0.1, -0.05) is 13.8 Å². The van der Waals surface area contributed by atoms with Gasteiger partial charge in [-0.05, 0) is 40.7 Å². The minimum absolute atomic E-state index is 0.372. The summed E-state index contributed by atoms with van der Waals surface area (Å²) in [5, 5.41) is 0. The molecular formula is C16H28BNO4. The second-order valence-electron chi connectivity index (χ2n) is 5.80. The molecule has 5 nitrogen and oxygen atoms in total. The molecule has 0 saturated carbocycles. The molecule has 1 aliphatic heterocycles. The smallest absolute Gasteiger partial charge is 0.491 e. The van der Waals surface area contributed by atoms with E-state index in [0.717, 1.165) is 5.46 Å². The maximum Gasteiger partial charge on any atom is 0.496 e. The number of hydrogen-bond donors (Lipinski definition) is 0. The average Bonchev–Trinajstić information content (AvgIpc) is 2.70. The Kier molecular flexibility index (Phi) is 6.26. The third-order valence-corrected chi connectivity index (χ3v) is 3.87. The first-order chi connectivity index (χ1) is 10.3. The fourth-order valence-electron chi connectivity index (χ4n) is 1.95. The Morgan fingerprint density at radius 3 is 2.14 bits per heavy atom. The van der Waals surface area contributed by atoms with Gasteiger partial charge in [0.05, 0.1) is 24.9 Å². The summed E-state index contributed by atoms with van der Waals surface area (Å²) in [4.78, 5) is 4.27. The van der Waals surface area contributed by atoms with Gasteiger partial charge >= 0.3 is 7.12 Å². The second-order valence-corrected chi connectivity index (χ2v) is 5.80. The summed E-state index contributed by atoms with van der Waals surface area (Å²) in [6.07, 6.45) is 1.70. The van der Waals surface area contributed by atoms with Crippen LogP contribution in [0.5, 0.6) is 11.6 Å². The largest absolute Gasteiger partial charge is 0.496 e. The molecule has 1 aromatic heterocycles. The van der Waals surface area contributed by atoms with E-state index >= 15 is 0 Å². The van der Waals surface area contributed by atoms with Gasteiger partial charge in [0.15, 0.2) is 5.75 Å². The van der Waals surface area contributed by atoms with Crippen LogP contribution in [0, 0.1) is 0 Å². The molecule has 1 aromatic rings. The molecule has 0 N–H and O–H groups in total. The highest BCUT2D eigenvalue weighted by atomic mass is 16.7. The number of aromatic nitrogens is 1. The molecule has 0 bridgehead atoms. The topological polar surface area (TPSA) is 49.8 Å². The Balaban J connectivity index is 0.00000116. The first-order valence-electron chi connectivity index (χ1n) is 7.83. The van der Waals surface area contributed by atoms with Crippen molar-refractivity contribution in [1.82, 2.24) is 4.98 Å². The monoisotopic (exact) mass is 309 g/mol. The highest BCUT2D eigenvalue weighted by molar-refractivity contribution is 6.62. The zero-order chi connectivity index (χ0) is 17.0. The quantitative estimate of drug-likeness (QED) is 0.801. The number of nitrogens with zero attached hydrogens (tertiary/aromatic N) is 1. The lowest BCUT2D eigenvalue weighted by Gasteiger charge is -2.32. The average molecular weight is 309 g/mol. The third-order valence-electron chi connectivity index (χ3n) is 3.87. The molecule has 6 heteroatoms. The Labute approximate surface area is 134 Å². The first kappa shape index (κ1) is 18.8. The van der Waals surface area contributed by atoms with E-state index in [-0.39, 0.29) is 11.2 Å². The lowest BCUT2D eigenvalue weighted by atomic mass is 9.80. The molecule has 0 unspecified atom stereocenters. The van der Waals surface area contributed by atoms with Crippen molar-refractivity contribution in [1.29, 1.82) is 0 Å². The number of ether oxygens (including phenoxy) is 2. The van der Waals surface area contributed by atoms with Crippen LogP contribution < -0.4 is 14.9 Å². The second kappa shape index (κ2) is 7.33. The molecule has 1 aliphatic rings. The van der Waals surface area contributed by atoms with Crippen LogP contribution in [0.4, 0.5) is 0 Å². The number of hydrogen-bond acceptors (Lipinski definition) is 5. The molecule has 22 heavy (non-hydrogen) atoms. The van der Waals surface area contributed by atoms with Crippen LogP contribution in [-0.2, 0) is 9.31 Å². The van der Waals surface area contributed by atoms with Gasteiger partial charge in [0.2, 0.25) is 0 Å². The van der Waals surface area contributed by atoms with Gasteiger partial charge in [-0.25, -0.2) is 4.98 Å². The Morgan fingerprint density at radius 1 is 1.14 bits per heavy atom. The zero-order valence-electron chi connectivity index (χ0n) is 15.0. The molecule has 2 rings (SSSR count). The lowest BCUT2D eigenvalue weighted by Crippen LogP contribution is -2.41. The molecule has 0 radical (unpaired) electrons. The predicted molar refractivity (Wildman–Crippen MR) is 89.0 cm³/mol. The van der Waals surface area contributed by atoms with E-state index in [1.54, 1.807) is 13.3 Å². The van der Waals surface area contributed by atoms with Crippen molar-refractivity contribution < 1.29 is 18.8 Å². The van der Waals surface area contributed by atoms with Gasteiger partial charge in [0.25, 0.3) is 5.88 Å². The van der Waals surface area contributed by atoms with Gasteiger partial charge in [0.1, 0.15) is 0 Å². The van der Waals surface area contributed by atoms with Crippen molar-refractivity contribution in [3.05, 3.63) is 12.3 Å². The standard InChI is InChI=1S/C14H22BNO4.C2H6/c1-7-18-12-11(17-6)8-10(9-16-12)15-19-13(2,3)14(4,5)20-15;1-2/h8-9H,7H2,1-6H3;1-2H3. The van der Waals surface area contributed by atoms with Crippen LogP contribution >= 0.6 is 0 Å². The molecule has 1 fully saturated rings. The third kappa shape index (κ3) is 3.73. The Hall–Kier alpha value is -1.27. The van der Waals surface area contributed by atoms with Crippen LogP contribution in [0.2, 0.25) is 0 Å². The van der Waals surface area contributed by atoms with Crippen molar-refractivity contribution in [3.63, 3.8) is 0 Å².